The first kappa shape index (κ1) is 14.8. The fourth-order valence-corrected chi connectivity index (χ4v) is 3.05. The Morgan fingerprint density at radius 1 is 1.37 bits per heavy atom. The van der Waals surface area contributed by atoms with Crippen molar-refractivity contribution in [1.82, 2.24) is 0 Å². The van der Waals surface area contributed by atoms with Crippen LogP contribution in [0.25, 0.3) is 0 Å². The van der Waals surface area contributed by atoms with E-state index in [1.165, 1.54) is 11.0 Å². The molecule has 1 aliphatic heterocycles. The maximum atomic E-state index is 12.6. The number of benzene rings is 1. The normalized spacial score (nSPS) is 20.2. The third-order valence-corrected chi connectivity index (χ3v) is 4.54. The lowest BCUT2D eigenvalue weighted by atomic mass is 10.1. The Labute approximate surface area is 125 Å². The van der Waals surface area contributed by atoms with E-state index >= 15 is 0 Å². The van der Waals surface area contributed by atoms with Gasteiger partial charge in [-0.3, -0.25) is 4.79 Å². The van der Waals surface area contributed by atoms with Crippen molar-refractivity contribution >= 4 is 43.5 Å². The van der Waals surface area contributed by atoms with E-state index in [9.17, 15) is 18.0 Å². The molecule has 1 fully saturated rings. The SMILES string of the molecule is O=C1CC(CBr)CN1c1ccc(C(F)(F)F)cc1Br. The number of hydrogen-bond acceptors (Lipinski definition) is 1. The summed E-state index contributed by atoms with van der Waals surface area (Å²) in [5.74, 6) is 0.131. The summed E-state index contributed by atoms with van der Waals surface area (Å²) >= 11 is 6.43. The van der Waals surface area contributed by atoms with E-state index in [0.29, 0.717) is 24.0 Å². The molecule has 1 aromatic carbocycles. The number of amides is 1. The van der Waals surface area contributed by atoms with Gasteiger partial charge in [0.05, 0.1) is 11.3 Å². The van der Waals surface area contributed by atoms with E-state index in [0.717, 1.165) is 12.1 Å². The predicted octanol–water partition coefficient (Wildman–Crippen LogP) is 4.22. The minimum absolute atomic E-state index is 0.0649. The number of nitrogens with zero attached hydrogens (tertiary/aromatic N) is 1. The lowest BCUT2D eigenvalue weighted by Crippen LogP contribution is -2.25. The summed E-state index contributed by atoms with van der Waals surface area (Å²) in [4.78, 5) is 13.4. The quantitative estimate of drug-likeness (QED) is 0.681. The van der Waals surface area contributed by atoms with E-state index in [2.05, 4.69) is 31.9 Å². The van der Waals surface area contributed by atoms with Crippen LogP contribution in [0.4, 0.5) is 18.9 Å². The van der Waals surface area contributed by atoms with Crippen molar-refractivity contribution in [1.29, 1.82) is 0 Å². The highest BCUT2D eigenvalue weighted by molar-refractivity contribution is 9.10. The zero-order valence-electron chi connectivity index (χ0n) is 9.68. The van der Waals surface area contributed by atoms with Crippen LogP contribution in [0.3, 0.4) is 0 Å². The Bertz CT molecular complexity index is 504. The maximum absolute atomic E-state index is 12.6. The van der Waals surface area contributed by atoms with Crippen LogP contribution in [0.5, 0.6) is 0 Å². The zero-order valence-corrected chi connectivity index (χ0v) is 12.8. The second kappa shape index (κ2) is 5.44. The summed E-state index contributed by atoms with van der Waals surface area (Å²) in [5.41, 5.74) is -0.242. The standard InChI is InChI=1S/C12H10Br2F3NO/c13-5-7-3-11(19)18(6-7)10-2-1-8(4-9(10)14)12(15,16)17/h1-2,4,7H,3,5-6H2. The van der Waals surface area contributed by atoms with Crippen molar-refractivity contribution in [2.75, 3.05) is 16.8 Å². The third-order valence-electron chi connectivity index (χ3n) is 2.99. The lowest BCUT2D eigenvalue weighted by Gasteiger charge is -2.19. The fourth-order valence-electron chi connectivity index (χ4n) is 2.02. The van der Waals surface area contributed by atoms with Crippen molar-refractivity contribution < 1.29 is 18.0 Å². The molecule has 1 aromatic rings. The second-order valence-electron chi connectivity index (χ2n) is 4.39. The molecule has 1 saturated heterocycles. The van der Waals surface area contributed by atoms with Gasteiger partial charge in [0, 0.05) is 22.8 Å². The van der Waals surface area contributed by atoms with Gasteiger partial charge < -0.3 is 4.90 Å². The lowest BCUT2D eigenvalue weighted by molar-refractivity contribution is -0.137. The van der Waals surface area contributed by atoms with Gasteiger partial charge in [0.25, 0.3) is 0 Å². The Morgan fingerprint density at radius 3 is 2.53 bits per heavy atom. The van der Waals surface area contributed by atoms with Crippen LogP contribution in [0.15, 0.2) is 22.7 Å². The molecular weight excluding hydrogens is 391 g/mol. The molecule has 1 amide bonds. The molecule has 19 heavy (non-hydrogen) atoms. The van der Waals surface area contributed by atoms with E-state index in [-0.39, 0.29) is 16.3 Å². The molecule has 0 aliphatic carbocycles. The Balaban J connectivity index is 2.30. The highest BCUT2D eigenvalue weighted by Crippen LogP contribution is 2.37. The molecule has 0 saturated carbocycles. The first-order valence-corrected chi connectivity index (χ1v) is 7.47. The molecular formula is C12H10Br2F3NO. The van der Waals surface area contributed by atoms with Gasteiger partial charge in [-0.2, -0.15) is 13.2 Å². The van der Waals surface area contributed by atoms with Crippen LogP contribution in [0.2, 0.25) is 0 Å². The first-order chi connectivity index (χ1) is 8.82. The van der Waals surface area contributed by atoms with Crippen molar-refractivity contribution in [2.24, 2.45) is 5.92 Å². The number of anilines is 1. The molecule has 0 radical (unpaired) electrons. The Kier molecular flexibility index (Phi) is 4.25. The third kappa shape index (κ3) is 3.13. The Hall–Kier alpha value is -0.560. The molecule has 0 aromatic heterocycles. The van der Waals surface area contributed by atoms with Crippen molar-refractivity contribution in [2.45, 2.75) is 12.6 Å². The molecule has 2 nitrogen and oxygen atoms in total. The maximum Gasteiger partial charge on any atom is 0.416 e. The minimum Gasteiger partial charge on any atom is -0.311 e. The fraction of sp³-hybridized carbons (Fsp3) is 0.417. The van der Waals surface area contributed by atoms with Crippen molar-refractivity contribution in [3.05, 3.63) is 28.2 Å². The summed E-state index contributed by atoms with van der Waals surface area (Å²) in [6.07, 6.45) is -3.97. The first-order valence-electron chi connectivity index (χ1n) is 5.56. The molecule has 1 atom stereocenters. The second-order valence-corrected chi connectivity index (χ2v) is 5.89. The average molecular weight is 401 g/mol. The molecule has 1 unspecified atom stereocenters. The predicted molar refractivity (Wildman–Crippen MR) is 73.4 cm³/mol. The van der Waals surface area contributed by atoms with Gasteiger partial charge in [0.15, 0.2) is 0 Å². The van der Waals surface area contributed by atoms with Gasteiger partial charge in [-0.1, -0.05) is 15.9 Å². The summed E-state index contributed by atoms with van der Waals surface area (Å²) in [6.45, 7) is 0.522. The van der Waals surface area contributed by atoms with Crippen molar-refractivity contribution in [3.8, 4) is 0 Å². The van der Waals surface area contributed by atoms with Crippen LogP contribution in [-0.4, -0.2) is 17.8 Å². The van der Waals surface area contributed by atoms with Crippen LogP contribution in [-0.2, 0) is 11.0 Å². The molecule has 0 bridgehead atoms. The molecule has 104 valence electrons. The Morgan fingerprint density at radius 2 is 2.05 bits per heavy atom. The monoisotopic (exact) mass is 399 g/mol. The summed E-state index contributed by atoms with van der Waals surface area (Å²) < 4.78 is 38.0. The average Bonchev–Trinajstić information content (AvgIpc) is 2.69. The van der Waals surface area contributed by atoms with Crippen LogP contribution in [0, 0.1) is 5.92 Å². The summed E-state index contributed by atoms with van der Waals surface area (Å²) in [6, 6.07) is 3.33. The number of rotatable bonds is 2. The van der Waals surface area contributed by atoms with E-state index < -0.39 is 11.7 Å². The zero-order chi connectivity index (χ0) is 14.2. The summed E-state index contributed by atoms with van der Waals surface area (Å²) in [5, 5.41) is 0.702. The molecule has 0 spiro atoms. The number of carbonyl (C=O) groups is 1. The molecule has 7 heteroatoms. The van der Waals surface area contributed by atoms with Gasteiger partial charge in [-0.15, -0.1) is 0 Å². The summed E-state index contributed by atoms with van der Waals surface area (Å²) in [7, 11) is 0. The van der Waals surface area contributed by atoms with Gasteiger partial charge in [-0.25, -0.2) is 0 Å². The van der Waals surface area contributed by atoms with Crippen molar-refractivity contribution in [3.63, 3.8) is 0 Å². The molecule has 1 aliphatic rings. The van der Waals surface area contributed by atoms with Gasteiger partial charge in [0.1, 0.15) is 0 Å². The molecule has 0 N–H and O–H groups in total. The minimum atomic E-state index is -4.38. The van der Waals surface area contributed by atoms with E-state index in [1.807, 2.05) is 0 Å². The van der Waals surface area contributed by atoms with Crippen LogP contribution in [0.1, 0.15) is 12.0 Å². The van der Waals surface area contributed by atoms with Crippen LogP contribution >= 0.6 is 31.9 Å². The smallest absolute Gasteiger partial charge is 0.311 e. The van der Waals surface area contributed by atoms with Gasteiger partial charge in [0.2, 0.25) is 5.91 Å². The largest absolute Gasteiger partial charge is 0.416 e. The highest BCUT2D eigenvalue weighted by Gasteiger charge is 2.34. The molecule has 1 heterocycles. The number of carbonyl (C=O) groups excluding carboxylic acids is 1. The van der Waals surface area contributed by atoms with E-state index in [4.69, 9.17) is 0 Å². The molecule has 2 rings (SSSR count). The number of halogens is 5. The van der Waals surface area contributed by atoms with E-state index in [1.54, 1.807) is 0 Å². The van der Waals surface area contributed by atoms with Crippen LogP contribution < -0.4 is 4.90 Å². The number of alkyl halides is 4. The van der Waals surface area contributed by atoms with Gasteiger partial charge >= 0.3 is 6.18 Å². The number of hydrogen-bond donors (Lipinski definition) is 0. The highest BCUT2D eigenvalue weighted by atomic mass is 79.9. The topological polar surface area (TPSA) is 20.3 Å². The van der Waals surface area contributed by atoms with Gasteiger partial charge in [-0.05, 0) is 40.0 Å².